The molecule has 0 bridgehead atoms. The van der Waals surface area contributed by atoms with Crippen molar-refractivity contribution in [2.24, 2.45) is 0 Å². The first-order valence-corrected chi connectivity index (χ1v) is 8.56. The van der Waals surface area contributed by atoms with Crippen LogP contribution in [-0.2, 0) is 0 Å². The first-order valence-electron chi connectivity index (χ1n) is 7.39. The maximum atomic E-state index is 6.07. The summed E-state index contributed by atoms with van der Waals surface area (Å²) in [4.78, 5) is 0. The minimum atomic E-state index is 0.367. The average Bonchev–Trinajstić information content (AvgIpc) is 2.42. The standard InChI is InChI=1S/C18H19BrClN/c1-12(17-7-2-3-8-18(17)19)21-16-10-14(11-16)13-5-4-6-15(20)9-13/h2-9,12,14,16,21H,10-11H2,1H3/t12-,14?,16?/m0/s1. The summed E-state index contributed by atoms with van der Waals surface area (Å²) in [5, 5.41) is 4.56. The summed E-state index contributed by atoms with van der Waals surface area (Å²) < 4.78 is 1.18. The summed E-state index contributed by atoms with van der Waals surface area (Å²) in [6, 6.07) is 17.6. The van der Waals surface area contributed by atoms with E-state index in [1.165, 1.54) is 28.4 Å². The highest BCUT2D eigenvalue weighted by Crippen LogP contribution is 2.39. The van der Waals surface area contributed by atoms with E-state index in [2.05, 4.69) is 64.6 Å². The number of hydrogen-bond donors (Lipinski definition) is 1. The maximum absolute atomic E-state index is 6.07. The van der Waals surface area contributed by atoms with Crippen molar-refractivity contribution >= 4 is 27.5 Å². The molecule has 1 fully saturated rings. The molecule has 1 saturated carbocycles. The van der Waals surface area contributed by atoms with Crippen molar-refractivity contribution in [1.82, 2.24) is 5.32 Å². The van der Waals surface area contributed by atoms with Gasteiger partial charge in [-0.1, -0.05) is 57.9 Å². The van der Waals surface area contributed by atoms with Crippen LogP contribution in [0.2, 0.25) is 5.02 Å². The van der Waals surface area contributed by atoms with Gasteiger partial charge < -0.3 is 5.32 Å². The van der Waals surface area contributed by atoms with E-state index in [1.54, 1.807) is 0 Å². The van der Waals surface area contributed by atoms with Crippen LogP contribution >= 0.6 is 27.5 Å². The number of nitrogens with one attached hydrogen (secondary N) is 1. The molecule has 2 aromatic carbocycles. The molecule has 0 saturated heterocycles. The van der Waals surface area contributed by atoms with Gasteiger partial charge >= 0.3 is 0 Å². The van der Waals surface area contributed by atoms with Gasteiger partial charge in [-0.2, -0.15) is 0 Å². The third-order valence-electron chi connectivity index (χ3n) is 4.32. The SMILES string of the molecule is C[C@H](NC1CC(c2cccc(Cl)c2)C1)c1ccccc1Br. The Labute approximate surface area is 139 Å². The van der Waals surface area contributed by atoms with Crippen molar-refractivity contribution in [3.63, 3.8) is 0 Å². The van der Waals surface area contributed by atoms with E-state index in [0.717, 1.165) is 5.02 Å². The average molecular weight is 365 g/mol. The van der Waals surface area contributed by atoms with Crippen LogP contribution < -0.4 is 5.32 Å². The summed E-state index contributed by atoms with van der Waals surface area (Å²) in [7, 11) is 0. The van der Waals surface area contributed by atoms with E-state index in [1.807, 2.05) is 12.1 Å². The quantitative estimate of drug-likeness (QED) is 0.734. The molecule has 3 heteroatoms. The Bertz CT molecular complexity index is 622. The first-order chi connectivity index (χ1) is 10.1. The first kappa shape index (κ1) is 15.1. The lowest BCUT2D eigenvalue weighted by atomic mass is 9.75. The van der Waals surface area contributed by atoms with E-state index in [4.69, 9.17) is 11.6 Å². The second-order valence-corrected chi connectivity index (χ2v) is 7.12. The highest BCUT2D eigenvalue weighted by Gasteiger charge is 2.31. The summed E-state index contributed by atoms with van der Waals surface area (Å²) in [6.07, 6.45) is 2.38. The van der Waals surface area contributed by atoms with Crippen molar-refractivity contribution < 1.29 is 0 Å². The second kappa shape index (κ2) is 6.51. The van der Waals surface area contributed by atoms with E-state index in [-0.39, 0.29) is 0 Å². The lowest BCUT2D eigenvalue weighted by Crippen LogP contribution is -2.41. The van der Waals surface area contributed by atoms with Gasteiger partial charge in [0.1, 0.15) is 0 Å². The number of benzene rings is 2. The third kappa shape index (κ3) is 3.50. The molecule has 0 unspecified atom stereocenters. The molecule has 2 aromatic rings. The molecule has 3 rings (SSSR count). The monoisotopic (exact) mass is 363 g/mol. The topological polar surface area (TPSA) is 12.0 Å². The minimum absolute atomic E-state index is 0.367. The predicted molar refractivity (Wildman–Crippen MR) is 92.9 cm³/mol. The van der Waals surface area contributed by atoms with Gasteiger partial charge in [-0.05, 0) is 55.0 Å². The van der Waals surface area contributed by atoms with Crippen molar-refractivity contribution in [1.29, 1.82) is 0 Å². The summed E-state index contributed by atoms with van der Waals surface area (Å²) in [5.74, 6) is 0.646. The van der Waals surface area contributed by atoms with Gasteiger partial charge in [0.2, 0.25) is 0 Å². The smallest absolute Gasteiger partial charge is 0.0408 e. The van der Waals surface area contributed by atoms with E-state index < -0.39 is 0 Å². The summed E-state index contributed by atoms with van der Waals surface area (Å²) in [6.45, 7) is 2.23. The summed E-state index contributed by atoms with van der Waals surface area (Å²) in [5.41, 5.74) is 2.69. The lowest BCUT2D eigenvalue weighted by Gasteiger charge is -2.38. The van der Waals surface area contributed by atoms with Crippen LogP contribution in [0.25, 0.3) is 0 Å². The Kier molecular flexibility index (Phi) is 4.68. The van der Waals surface area contributed by atoms with Gasteiger partial charge in [-0.15, -0.1) is 0 Å². The molecule has 0 amide bonds. The molecule has 0 spiro atoms. The highest BCUT2D eigenvalue weighted by atomic mass is 79.9. The van der Waals surface area contributed by atoms with E-state index in [0.29, 0.717) is 18.0 Å². The van der Waals surface area contributed by atoms with Crippen LogP contribution in [0.1, 0.15) is 42.9 Å². The van der Waals surface area contributed by atoms with Crippen molar-refractivity contribution in [2.45, 2.75) is 37.8 Å². The van der Waals surface area contributed by atoms with Crippen molar-refractivity contribution in [2.75, 3.05) is 0 Å². The fraction of sp³-hybridized carbons (Fsp3) is 0.333. The molecule has 0 aromatic heterocycles. The Morgan fingerprint density at radius 2 is 1.90 bits per heavy atom. The molecule has 1 N–H and O–H groups in total. The fourth-order valence-electron chi connectivity index (χ4n) is 3.06. The molecule has 1 atom stereocenters. The van der Waals surface area contributed by atoms with Crippen molar-refractivity contribution in [3.8, 4) is 0 Å². The van der Waals surface area contributed by atoms with Gasteiger partial charge in [-0.25, -0.2) is 0 Å². The molecule has 1 aliphatic carbocycles. The molecule has 1 nitrogen and oxygen atoms in total. The number of halogens is 2. The number of rotatable bonds is 4. The molecule has 0 radical (unpaired) electrons. The zero-order valence-electron chi connectivity index (χ0n) is 12.0. The van der Waals surface area contributed by atoms with E-state index >= 15 is 0 Å². The van der Waals surface area contributed by atoms with Crippen molar-refractivity contribution in [3.05, 3.63) is 69.2 Å². The van der Waals surface area contributed by atoms with Crippen LogP contribution in [0.5, 0.6) is 0 Å². The molecule has 21 heavy (non-hydrogen) atoms. The lowest BCUT2D eigenvalue weighted by molar-refractivity contribution is 0.270. The Morgan fingerprint density at radius 1 is 1.14 bits per heavy atom. The molecule has 1 aliphatic rings. The maximum Gasteiger partial charge on any atom is 0.0408 e. The largest absolute Gasteiger partial charge is 0.307 e. The van der Waals surface area contributed by atoms with Crippen LogP contribution in [0.4, 0.5) is 0 Å². The Hall–Kier alpha value is -0.830. The summed E-state index contributed by atoms with van der Waals surface area (Å²) >= 11 is 9.70. The van der Waals surface area contributed by atoms with Gasteiger partial charge in [0, 0.05) is 21.6 Å². The Morgan fingerprint density at radius 3 is 2.62 bits per heavy atom. The normalized spacial score (nSPS) is 22.6. The molecule has 0 heterocycles. The van der Waals surface area contributed by atoms with Gasteiger partial charge in [0.25, 0.3) is 0 Å². The zero-order valence-corrected chi connectivity index (χ0v) is 14.4. The van der Waals surface area contributed by atoms with Gasteiger partial charge in [-0.3, -0.25) is 0 Å². The van der Waals surface area contributed by atoms with Crippen LogP contribution in [0, 0.1) is 0 Å². The molecule has 110 valence electrons. The highest BCUT2D eigenvalue weighted by molar-refractivity contribution is 9.10. The van der Waals surface area contributed by atoms with Gasteiger partial charge in [0.15, 0.2) is 0 Å². The molecule has 0 aliphatic heterocycles. The number of hydrogen-bond acceptors (Lipinski definition) is 1. The Balaban J connectivity index is 1.56. The minimum Gasteiger partial charge on any atom is -0.307 e. The molecular formula is C18H19BrClN. The van der Waals surface area contributed by atoms with Crippen LogP contribution in [0.3, 0.4) is 0 Å². The second-order valence-electron chi connectivity index (χ2n) is 5.83. The van der Waals surface area contributed by atoms with Gasteiger partial charge in [0.05, 0.1) is 0 Å². The third-order valence-corrected chi connectivity index (χ3v) is 5.27. The van der Waals surface area contributed by atoms with Crippen LogP contribution in [0.15, 0.2) is 53.0 Å². The molecular weight excluding hydrogens is 346 g/mol. The van der Waals surface area contributed by atoms with E-state index in [9.17, 15) is 0 Å². The fourth-order valence-corrected chi connectivity index (χ4v) is 3.88. The zero-order chi connectivity index (χ0) is 14.8. The predicted octanol–water partition coefficient (Wildman–Crippen LogP) is 5.70. The van der Waals surface area contributed by atoms with Crippen LogP contribution in [-0.4, -0.2) is 6.04 Å².